The highest BCUT2D eigenvalue weighted by Crippen LogP contribution is 2.22. The van der Waals surface area contributed by atoms with Gasteiger partial charge in [0.1, 0.15) is 0 Å². The van der Waals surface area contributed by atoms with E-state index in [-0.39, 0.29) is 16.9 Å². The van der Waals surface area contributed by atoms with Crippen molar-refractivity contribution in [2.24, 2.45) is 0 Å². The van der Waals surface area contributed by atoms with Gasteiger partial charge < -0.3 is 14.5 Å². The molecule has 1 fully saturated rings. The van der Waals surface area contributed by atoms with Crippen LogP contribution in [-0.2, 0) is 14.8 Å². The molecule has 1 aliphatic rings. The predicted molar refractivity (Wildman–Crippen MR) is 106 cm³/mol. The Bertz CT molecular complexity index is 813. The maximum Gasteiger partial charge on any atom is 0.409 e. The Morgan fingerprint density at radius 2 is 1.61 bits per heavy atom. The van der Waals surface area contributed by atoms with Gasteiger partial charge >= 0.3 is 6.09 Å². The lowest BCUT2D eigenvalue weighted by molar-refractivity contribution is 0.0570. The van der Waals surface area contributed by atoms with Crippen LogP contribution in [0.3, 0.4) is 0 Å². The van der Waals surface area contributed by atoms with Crippen molar-refractivity contribution in [3.63, 3.8) is 0 Å². The molecule has 156 valence electrons. The molecule has 0 aliphatic carbocycles. The lowest BCUT2D eigenvalue weighted by atomic mass is 10.1. The molecule has 1 heterocycles. The largest absolute Gasteiger partial charge is 0.450 e. The lowest BCUT2D eigenvalue weighted by Gasteiger charge is -2.34. The van der Waals surface area contributed by atoms with Gasteiger partial charge in [0.15, 0.2) is 0 Å². The molecule has 0 atom stereocenters. The van der Waals surface area contributed by atoms with Gasteiger partial charge in [-0.2, -0.15) is 4.31 Å². The topological polar surface area (TPSA) is 87.2 Å². The van der Waals surface area contributed by atoms with E-state index in [4.69, 9.17) is 4.74 Å². The number of carbonyl (C=O) groups is 2. The van der Waals surface area contributed by atoms with Gasteiger partial charge in [-0.1, -0.05) is 19.9 Å². The van der Waals surface area contributed by atoms with E-state index in [1.807, 2.05) is 0 Å². The summed E-state index contributed by atoms with van der Waals surface area (Å²) in [5, 5.41) is 0. The summed E-state index contributed by atoms with van der Waals surface area (Å²) in [6.07, 6.45) is -0.377. The Labute approximate surface area is 167 Å². The second kappa shape index (κ2) is 9.38. The number of rotatable bonds is 6. The molecule has 0 radical (unpaired) electrons. The highest BCUT2D eigenvalue weighted by molar-refractivity contribution is 7.89. The van der Waals surface area contributed by atoms with Gasteiger partial charge in [-0.3, -0.25) is 4.79 Å². The van der Waals surface area contributed by atoms with E-state index < -0.39 is 10.0 Å². The smallest absolute Gasteiger partial charge is 0.409 e. The summed E-state index contributed by atoms with van der Waals surface area (Å²) in [7, 11) is -3.65. The quantitative estimate of drug-likeness (QED) is 0.714. The first-order valence-corrected chi connectivity index (χ1v) is 11.0. The van der Waals surface area contributed by atoms with E-state index >= 15 is 0 Å². The molecule has 28 heavy (non-hydrogen) atoms. The number of sulfonamides is 1. The minimum Gasteiger partial charge on any atom is -0.450 e. The first kappa shape index (κ1) is 22.2. The van der Waals surface area contributed by atoms with Gasteiger partial charge in [0.25, 0.3) is 5.91 Å². The molecule has 9 heteroatoms. The van der Waals surface area contributed by atoms with E-state index in [9.17, 15) is 18.0 Å². The van der Waals surface area contributed by atoms with Crippen LogP contribution in [-0.4, -0.2) is 80.4 Å². The van der Waals surface area contributed by atoms with Crippen LogP contribution in [0, 0.1) is 6.92 Å². The van der Waals surface area contributed by atoms with Crippen LogP contribution in [0.15, 0.2) is 23.1 Å². The van der Waals surface area contributed by atoms with Gasteiger partial charge in [0, 0.05) is 44.8 Å². The molecular weight excluding hydrogens is 382 g/mol. The van der Waals surface area contributed by atoms with Crippen molar-refractivity contribution in [1.82, 2.24) is 14.1 Å². The van der Waals surface area contributed by atoms with Crippen LogP contribution in [0.5, 0.6) is 0 Å². The van der Waals surface area contributed by atoms with Crippen molar-refractivity contribution < 1.29 is 22.7 Å². The molecule has 8 nitrogen and oxygen atoms in total. The molecule has 2 rings (SSSR count). The lowest BCUT2D eigenvalue weighted by Crippen LogP contribution is -2.50. The van der Waals surface area contributed by atoms with Gasteiger partial charge in [0.2, 0.25) is 10.0 Å². The van der Waals surface area contributed by atoms with Crippen LogP contribution in [0.1, 0.15) is 36.7 Å². The Morgan fingerprint density at radius 1 is 1.04 bits per heavy atom. The fourth-order valence-electron chi connectivity index (χ4n) is 3.20. The zero-order chi connectivity index (χ0) is 20.9. The number of nitrogens with zero attached hydrogens (tertiary/aromatic N) is 3. The van der Waals surface area contributed by atoms with Crippen LogP contribution >= 0.6 is 0 Å². The van der Waals surface area contributed by atoms with Crippen LogP contribution in [0.25, 0.3) is 0 Å². The van der Waals surface area contributed by atoms with E-state index in [2.05, 4.69) is 0 Å². The standard InChI is InChI=1S/C19H29N3O5S/c1-5-22(6-2)28(25,26)17-14-16(9-8-15(17)4)18(23)20-10-12-21(13-11-20)19(24)27-7-3/h8-9,14H,5-7,10-13H2,1-4H3. The SMILES string of the molecule is CCOC(=O)N1CCN(C(=O)c2ccc(C)c(S(=O)(=O)N(CC)CC)c2)CC1. The summed E-state index contributed by atoms with van der Waals surface area (Å²) in [6, 6.07) is 4.78. The number of piperazine rings is 1. The summed E-state index contributed by atoms with van der Waals surface area (Å²) >= 11 is 0. The molecule has 0 bridgehead atoms. The number of amides is 2. The Balaban J connectivity index is 2.19. The van der Waals surface area contributed by atoms with Gasteiger partial charge in [-0.25, -0.2) is 13.2 Å². The van der Waals surface area contributed by atoms with Crippen molar-refractivity contribution in [2.75, 3.05) is 45.9 Å². The summed E-state index contributed by atoms with van der Waals surface area (Å²) in [5.41, 5.74) is 0.941. The second-order valence-electron chi connectivity index (χ2n) is 6.55. The normalized spacial score (nSPS) is 15.0. The summed E-state index contributed by atoms with van der Waals surface area (Å²) in [5.74, 6) is -0.237. The van der Waals surface area contributed by atoms with E-state index in [0.717, 1.165) is 0 Å². The number of ether oxygens (including phenoxy) is 1. The number of aryl methyl sites for hydroxylation is 1. The predicted octanol–water partition coefficient (Wildman–Crippen LogP) is 1.94. The number of hydrogen-bond donors (Lipinski definition) is 0. The number of hydrogen-bond acceptors (Lipinski definition) is 5. The molecule has 0 aromatic heterocycles. The van der Waals surface area contributed by atoms with Crippen molar-refractivity contribution in [3.8, 4) is 0 Å². The molecular formula is C19H29N3O5S. The maximum absolute atomic E-state index is 12.9. The van der Waals surface area contributed by atoms with Crippen molar-refractivity contribution in [1.29, 1.82) is 0 Å². The summed E-state index contributed by atoms with van der Waals surface area (Å²) in [4.78, 5) is 28.0. The molecule has 2 amide bonds. The molecule has 1 saturated heterocycles. The third kappa shape index (κ3) is 4.64. The maximum atomic E-state index is 12.9. The Hall–Kier alpha value is -2.13. The molecule has 1 aromatic rings. The number of carbonyl (C=O) groups excluding carboxylic acids is 2. The fourth-order valence-corrected chi connectivity index (χ4v) is 4.91. The van der Waals surface area contributed by atoms with Crippen LogP contribution in [0.4, 0.5) is 4.79 Å². The van der Waals surface area contributed by atoms with E-state index in [1.54, 1.807) is 49.6 Å². The zero-order valence-corrected chi connectivity index (χ0v) is 17.8. The Morgan fingerprint density at radius 3 is 2.14 bits per heavy atom. The Kier molecular flexibility index (Phi) is 7.42. The van der Waals surface area contributed by atoms with Crippen LogP contribution < -0.4 is 0 Å². The minimum absolute atomic E-state index is 0.159. The molecule has 1 aliphatic heterocycles. The zero-order valence-electron chi connectivity index (χ0n) is 17.0. The molecule has 1 aromatic carbocycles. The summed E-state index contributed by atoms with van der Waals surface area (Å²) in [6.45, 7) is 9.63. The van der Waals surface area contributed by atoms with E-state index in [0.29, 0.717) is 57.0 Å². The van der Waals surface area contributed by atoms with Crippen molar-refractivity contribution in [2.45, 2.75) is 32.6 Å². The third-order valence-corrected chi connectivity index (χ3v) is 7.04. The van der Waals surface area contributed by atoms with Gasteiger partial charge in [-0.05, 0) is 31.5 Å². The van der Waals surface area contributed by atoms with E-state index in [1.165, 1.54) is 10.4 Å². The molecule has 0 saturated carbocycles. The van der Waals surface area contributed by atoms with Crippen LogP contribution in [0.2, 0.25) is 0 Å². The summed E-state index contributed by atoms with van der Waals surface area (Å²) < 4.78 is 32.1. The van der Waals surface area contributed by atoms with Crippen molar-refractivity contribution >= 4 is 22.0 Å². The van der Waals surface area contributed by atoms with Gasteiger partial charge in [-0.15, -0.1) is 0 Å². The van der Waals surface area contributed by atoms with Crippen molar-refractivity contribution in [3.05, 3.63) is 29.3 Å². The first-order valence-electron chi connectivity index (χ1n) is 9.58. The number of benzene rings is 1. The minimum atomic E-state index is -3.65. The average molecular weight is 412 g/mol. The molecule has 0 unspecified atom stereocenters. The fraction of sp³-hybridized carbons (Fsp3) is 0.579. The average Bonchev–Trinajstić information content (AvgIpc) is 2.68. The molecule has 0 spiro atoms. The third-order valence-electron chi connectivity index (χ3n) is 4.85. The highest BCUT2D eigenvalue weighted by Gasteiger charge is 2.28. The second-order valence-corrected chi connectivity index (χ2v) is 8.45. The molecule has 0 N–H and O–H groups in total. The monoisotopic (exact) mass is 411 g/mol. The van der Waals surface area contributed by atoms with Gasteiger partial charge in [0.05, 0.1) is 11.5 Å². The highest BCUT2D eigenvalue weighted by atomic mass is 32.2. The first-order chi connectivity index (χ1) is 13.3.